The van der Waals surface area contributed by atoms with Crippen LogP contribution in [0.5, 0.6) is 0 Å². The van der Waals surface area contributed by atoms with Crippen LogP contribution in [0.2, 0.25) is 0 Å². The van der Waals surface area contributed by atoms with Crippen molar-refractivity contribution in [3.63, 3.8) is 0 Å². The lowest BCUT2D eigenvalue weighted by molar-refractivity contribution is -0.130. The lowest BCUT2D eigenvalue weighted by Gasteiger charge is -2.32. The van der Waals surface area contributed by atoms with Crippen LogP contribution < -0.4 is 11.2 Å². The summed E-state index contributed by atoms with van der Waals surface area (Å²) in [6, 6.07) is 0.158. The Morgan fingerprint density at radius 1 is 1.39 bits per heavy atom. The van der Waals surface area contributed by atoms with Crippen LogP contribution >= 0.6 is 0 Å². The van der Waals surface area contributed by atoms with Crippen LogP contribution in [0.3, 0.4) is 0 Å². The average molecular weight is 320 g/mol. The summed E-state index contributed by atoms with van der Waals surface area (Å²) in [7, 11) is 0. The first kappa shape index (κ1) is 17.2. The van der Waals surface area contributed by atoms with E-state index < -0.39 is 5.69 Å². The molecule has 0 radical (unpaired) electrons. The highest BCUT2D eigenvalue weighted by Crippen LogP contribution is 2.14. The predicted octanol–water partition coefficient (Wildman–Crippen LogP) is 0.452. The standard InChI is InChI=1S/C16H24N4O3/c1-11(2)20(12(3)21)9-13-5-4-6-19(8-13)10-14-7-17-16(23)18-15(14)22/h5,7,11H,4,6,8-10H2,1-3H3,(H2,17,18,22,23). The van der Waals surface area contributed by atoms with Gasteiger partial charge >= 0.3 is 5.69 Å². The molecule has 23 heavy (non-hydrogen) atoms. The van der Waals surface area contributed by atoms with Crippen LogP contribution in [-0.4, -0.2) is 51.4 Å². The molecule has 0 bridgehead atoms. The Balaban J connectivity index is 2.02. The zero-order chi connectivity index (χ0) is 17.0. The smallest absolute Gasteiger partial charge is 0.325 e. The normalized spacial score (nSPS) is 15.6. The Kier molecular flexibility index (Phi) is 5.54. The molecule has 1 aromatic rings. The number of hydrogen-bond acceptors (Lipinski definition) is 4. The fraction of sp³-hybridized carbons (Fsp3) is 0.562. The lowest BCUT2D eigenvalue weighted by Crippen LogP contribution is -2.40. The number of H-pyrrole nitrogens is 2. The van der Waals surface area contributed by atoms with E-state index in [0.717, 1.165) is 19.5 Å². The number of carbonyl (C=O) groups excluding carboxylic acids is 1. The fourth-order valence-corrected chi connectivity index (χ4v) is 2.80. The maximum absolute atomic E-state index is 11.8. The van der Waals surface area contributed by atoms with Crippen LogP contribution in [0, 0.1) is 0 Å². The van der Waals surface area contributed by atoms with Crippen LogP contribution in [0.25, 0.3) is 0 Å². The van der Waals surface area contributed by atoms with E-state index >= 15 is 0 Å². The molecule has 0 aliphatic carbocycles. The Labute approximate surface area is 135 Å². The summed E-state index contributed by atoms with van der Waals surface area (Å²) in [6.07, 6.45) is 4.53. The number of hydrogen-bond donors (Lipinski definition) is 2. The van der Waals surface area contributed by atoms with E-state index in [1.807, 2.05) is 18.7 Å². The number of rotatable bonds is 5. The Morgan fingerprint density at radius 3 is 2.74 bits per heavy atom. The van der Waals surface area contributed by atoms with E-state index in [0.29, 0.717) is 18.7 Å². The molecule has 0 fully saturated rings. The van der Waals surface area contributed by atoms with Gasteiger partial charge in [0.05, 0.1) is 0 Å². The molecule has 0 unspecified atom stereocenters. The van der Waals surface area contributed by atoms with Gasteiger partial charge in [-0.25, -0.2) is 4.79 Å². The number of aromatic nitrogens is 2. The summed E-state index contributed by atoms with van der Waals surface area (Å²) in [4.78, 5) is 43.3. The molecule has 1 amide bonds. The van der Waals surface area contributed by atoms with Crippen molar-refractivity contribution in [3.8, 4) is 0 Å². The van der Waals surface area contributed by atoms with Gasteiger partial charge in [0.15, 0.2) is 0 Å². The average Bonchev–Trinajstić information content (AvgIpc) is 2.47. The van der Waals surface area contributed by atoms with Crippen molar-refractivity contribution in [1.82, 2.24) is 19.8 Å². The summed E-state index contributed by atoms with van der Waals surface area (Å²) in [5.41, 5.74) is 0.878. The van der Waals surface area contributed by atoms with Crippen molar-refractivity contribution < 1.29 is 4.79 Å². The third-order valence-electron chi connectivity index (χ3n) is 4.00. The minimum atomic E-state index is -0.494. The highest BCUT2D eigenvalue weighted by atomic mass is 16.2. The molecule has 0 spiro atoms. The topological polar surface area (TPSA) is 89.3 Å². The van der Waals surface area contributed by atoms with Gasteiger partial charge in [-0.3, -0.25) is 19.5 Å². The Bertz CT molecular complexity index is 702. The van der Waals surface area contributed by atoms with E-state index in [9.17, 15) is 14.4 Å². The van der Waals surface area contributed by atoms with Crippen LogP contribution in [0.1, 0.15) is 32.8 Å². The van der Waals surface area contributed by atoms with E-state index in [2.05, 4.69) is 20.9 Å². The second-order valence-electron chi connectivity index (χ2n) is 6.20. The van der Waals surface area contributed by atoms with Gasteiger partial charge < -0.3 is 9.88 Å². The Morgan fingerprint density at radius 2 is 2.13 bits per heavy atom. The molecule has 1 aromatic heterocycles. The predicted molar refractivity (Wildman–Crippen MR) is 88.2 cm³/mol. The van der Waals surface area contributed by atoms with Gasteiger partial charge in [-0.1, -0.05) is 6.08 Å². The summed E-state index contributed by atoms with van der Waals surface area (Å²) in [5, 5.41) is 0. The Hall–Kier alpha value is -2.15. The minimum absolute atomic E-state index is 0.0649. The third-order valence-corrected chi connectivity index (χ3v) is 4.00. The third kappa shape index (κ3) is 4.66. The van der Waals surface area contributed by atoms with Gasteiger partial charge in [0.25, 0.3) is 5.56 Å². The number of aromatic amines is 2. The quantitative estimate of drug-likeness (QED) is 0.771. The molecule has 1 aliphatic heterocycles. The first-order chi connectivity index (χ1) is 10.9. The van der Waals surface area contributed by atoms with Crippen molar-refractivity contribution >= 4 is 5.91 Å². The van der Waals surface area contributed by atoms with Crippen LogP contribution in [0.4, 0.5) is 0 Å². The van der Waals surface area contributed by atoms with Gasteiger partial charge in [0.2, 0.25) is 5.91 Å². The fourth-order valence-electron chi connectivity index (χ4n) is 2.80. The molecular weight excluding hydrogens is 296 g/mol. The SMILES string of the molecule is CC(=O)N(CC1=CCCN(Cc2c[nH]c(=O)[nH]c2=O)C1)C(C)C. The van der Waals surface area contributed by atoms with Gasteiger partial charge in [0.1, 0.15) is 0 Å². The van der Waals surface area contributed by atoms with Crippen molar-refractivity contribution in [1.29, 1.82) is 0 Å². The summed E-state index contributed by atoms with van der Waals surface area (Å²) in [6.45, 7) is 8.25. The summed E-state index contributed by atoms with van der Waals surface area (Å²) < 4.78 is 0. The molecule has 7 heteroatoms. The van der Waals surface area contributed by atoms with Crippen molar-refractivity contribution in [3.05, 3.63) is 44.2 Å². The van der Waals surface area contributed by atoms with Gasteiger partial charge in [0, 0.05) is 50.9 Å². The largest absolute Gasteiger partial charge is 0.336 e. The van der Waals surface area contributed by atoms with E-state index in [1.54, 1.807) is 6.92 Å². The second kappa shape index (κ2) is 7.41. The molecule has 7 nitrogen and oxygen atoms in total. The van der Waals surface area contributed by atoms with E-state index in [1.165, 1.54) is 11.8 Å². The van der Waals surface area contributed by atoms with Crippen molar-refractivity contribution in [2.24, 2.45) is 0 Å². The molecule has 0 aromatic carbocycles. The number of amides is 1. The van der Waals surface area contributed by atoms with Gasteiger partial charge in [-0.2, -0.15) is 0 Å². The molecule has 1 aliphatic rings. The zero-order valence-electron chi connectivity index (χ0n) is 13.9. The molecular formula is C16H24N4O3. The summed E-state index contributed by atoms with van der Waals surface area (Å²) in [5.74, 6) is 0.0649. The maximum Gasteiger partial charge on any atom is 0.325 e. The van der Waals surface area contributed by atoms with E-state index in [-0.39, 0.29) is 17.5 Å². The first-order valence-electron chi connectivity index (χ1n) is 7.85. The molecule has 2 heterocycles. The maximum atomic E-state index is 11.8. The van der Waals surface area contributed by atoms with E-state index in [4.69, 9.17) is 0 Å². The van der Waals surface area contributed by atoms with Gasteiger partial charge in [-0.15, -0.1) is 0 Å². The highest BCUT2D eigenvalue weighted by Gasteiger charge is 2.19. The minimum Gasteiger partial charge on any atom is -0.336 e. The molecule has 2 rings (SSSR count). The molecule has 2 N–H and O–H groups in total. The van der Waals surface area contributed by atoms with Crippen molar-refractivity contribution in [2.75, 3.05) is 19.6 Å². The van der Waals surface area contributed by atoms with Crippen LogP contribution in [0.15, 0.2) is 27.4 Å². The molecule has 0 saturated heterocycles. The lowest BCUT2D eigenvalue weighted by atomic mass is 10.1. The second-order valence-corrected chi connectivity index (χ2v) is 6.20. The monoisotopic (exact) mass is 320 g/mol. The number of carbonyl (C=O) groups is 1. The molecule has 0 saturated carbocycles. The zero-order valence-corrected chi connectivity index (χ0v) is 13.9. The number of nitrogens with zero attached hydrogens (tertiary/aromatic N) is 2. The molecule has 0 atom stereocenters. The van der Waals surface area contributed by atoms with Crippen LogP contribution in [-0.2, 0) is 11.3 Å². The first-order valence-corrected chi connectivity index (χ1v) is 7.85. The molecule has 126 valence electrons. The van der Waals surface area contributed by atoms with Crippen molar-refractivity contribution in [2.45, 2.75) is 39.8 Å². The number of nitrogens with one attached hydrogen (secondary N) is 2. The van der Waals surface area contributed by atoms with Gasteiger partial charge in [-0.05, 0) is 25.8 Å². The summed E-state index contributed by atoms with van der Waals surface area (Å²) >= 11 is 0. The highest BCUT2D eigenvalue weighted by molar-refractivity contribution is 5.73.